The summed E-state index contributed by atoms with van der Waals surface area (Å²) < 4.78 is 0. The third-order valence-corrected chi connectivity index (χ3v) is 4.15. The largest absolute Gasteiger partial charge is 0.360 e. The molecule has 0 radical (unpaired) electrons. The van der Waals surface area contributed by atoms with E-state index in [2.05, 4.69) is 31.1 Å². The zero-order chi connectivity index (χ0) is 12.0. The number of nitrogens with zero attached hydrogens (tertiary/aromatic N) is 1. The van der Waals surface area contributed by atoms with Crippen LogP contribution in [0.4, 0.5) is 0 Å². The van der Waals surface area contributed by atoms with E-state index >= 15 is 0 Å². The Morgan fingerprint density at radius 2 is 1.81 bits per heavy atom. The van der Waals surface area contributed by atoms with Crippen LogP contribution in [-0.4, -0.2) is 29.1 Å². The van der Waals surface area contributed by atoms with Crippen molar-refractivity contribution in [2.24, 2.45) is 0 Å². The maximum Gasteiger partial charge on any atom is 0.169 e. The summed E-state index contributed by atoms with van der Waals surface area (Å²) in [4.78, 5) is 2.24. The van der Waals surface area contributed by atoms with E-state index in [0.29, 0.717) is 12.1 Å². The Hall–Kier alpha value is -0.310. The highest BCUT2D eigenvalue weighted by atomic mass is 32.1. The minimum absolute atomic E-state index is 0.587. The Bertz CT molecular complexity index is 208. The molecule has 0 atom stereocenters. The van der Waals surface area contributed by atoms with Crippen molar-refractivity contribution in [2.75, 3.05) is 7.05 Å². The van der Waals surface area contributed by atoms with Crippen LogP contribution < -0.4 is 5.32 Å². The molecule has 94 valence electrons. The lowest BCUT2D eigenvalue weighted by atomic mass is 9.96. The predicted octanol–water partition coefficient (Wildman–Crippen LogP) is 3.31. The standard InChI is InChI=1S/C13H26N2S/c1-4-12(5-2)15(3)13(16)14-11-9-7-6-8-10-11/h11-12H,4-10H2,1-3H3,(H,14,16). The number of nitrogens with one attached hydrogen (secondary N) is 1. The van der Waals surface area contributed by atoms with E-state index in [0.717, 1.165) is 5.11 Å². The SMILES string of the molecule is CCC(CC)N(C)C(=S)NC1CCCCC1. The quantitative estimate of drug-likeness (QED) is 0.761. The van der Waals surface area contributed by atoms with Gasteiger partial charge in [-0.2, -0.15) is 0 Å². The first-order chi connectivity index (χ1) is 7.69. The van der Waals surface area contributed by atoms with Crippen molar-refractivity contribution < 1.29 is 0 Å². The van der Waals surface area contributed by atoms with Gasteiger partial charge in [0, 0.05) is 19.1 Å². The second kappa shape index (κ2) is 7.10. The average Bonchev–Trinajstić information content (AvgIpc) is 2.31. The fourth-order valence-corrected chi connectivity index (χ4v) is 2.84. The van der Waals surface area contributed by atoms with E-state index in [1.54, 1.807) is 0 Å². The first-order valence-corrected chi connectivity index (χ1v) is 7.13. The van der Waals surface area contributed by atoms with Gasteiger partial charge in [0.25, 0.3) is 0 Å². The van der Waals surface area contributed by atoms with E-state index in [1.807, 2.05) is 0 Å². The fourth-order valence-electron chi connectivity index (χ4n) is 2.53. The van der Waals surface area contributed by atoms with Gasteiger partial charge >= 0.3 is 0 Å². The van der Waals surface area contributed by atoms with Crippen molar-refractivity contribution in [3.05, 3.63) is 0 Å². The molecule has 3 heteroatoms. The van der Waals surface area contributed by atoms with Crippen LogP contribution >= 0.6 is 12.2 Å². The lowest BCUT2D eigenvalue weighted by Crippen LogP contribution is -2.47. The fraction of sp³-hybridized carbons (Fsp3) is 0.923. The van der Waals surface area contributed by atoms with Gasteiger partial charge in [-0.3, -0.25) is 0 Å². The Morgan fingerprint density at radius 1 is 1.25 bits per heavy atom. The van der Waals surface area contributed by atoms with Gasteiger partial charge in [0.15, 0.2) is 5.11 Å². The van der Waals surface area contributed by atoms with E-state index in [9.17, 15) is 0 Å². The molecule has 0 amide bonds. The molecule has 1 aliphatic rings. The lowest BCUT2D eigenvalue weighted by molar-refractivity contribution is 0.326. The second-order valence-corrected chi connectivity index (χ2v) is 5.25. The zero-order valence-electron chi connectivity index (χ0n) is 11.0. The normalized spacial score (nSPS) is 17.5. The number of thiocarbonyl (C=S) groups is 1. The molecule has 0 heterocycles. The van der Waals surface area contributed by atoms with Crippen LogP contribution in [0.5, 0.6) is 0 Å². The minimum atomic E-state index is 0.587. The molecule has 2 nitrogen and oxygen atoms in total. The molecule has 0 bridgehead atoms. The van der Waals surface area contributed by atoms with E-state index < -0.39 is 0 Å². The first kappa shape index (κ1) is 13.8. The molecule has 0 aromatic heterocycles. The van der Waals surface area contributed by atoms with Crippen molar-refractivity contribution >= 4 is 17.3 Å². The molecule has 0 aromatic rings. The van der Waals surface area contributed by atoms with Crippen molar-refractivity contribution in [1.82, 2.24) is 10.2 Å². The molecule has 0 unspecified atom stereocenters. The van der Waals surface area contributed by atoms with Crippen LogP contribution in [0.2, 0.25) is 0 Å². The zero-order valence-corrected chi connectivity index (χ0v) is 11.8. The molecule has 0 aromatic carbocycles. The van der Waals surface area contributed by atoms with Gasteiger partial charge in [0.1, 0.15) is 0 Å². The Kier molecular flexibility index (Phi) is 6.10. The minimum Gasteiger partial charge on any atom is -0.360 e. The average molecular weight is 242 g/mol. The highest BCUT2D eigenvalue weighted by Crippen LogP contribution is 2.18. The van der Waals surface area contributed by atoms with E-state index in [4.69, 9.17) is 12.2 Å². The van der Waals surface area contributed by atoms with Crippen molar-refractivity contribution in [3.63, 3.8) is 0 Å². The maximum absolute atomic E-state index is 5.48. The molecule has 1 rings (SSSR count). The van der Waals surface area contributed by atoms with Gasteiger partial charge in [-0.1, -0.05) is 33.1 Å². The lowest BCUT2D eigenvalue weighted by Gasteiger charge is -2.32. The van der Waals surface area contributed by atoms with Crippen molar-refractivity contribution in [3.8, 4) is 0 Å². The Morgan fingerprint density at radius 3 is 2.31 bits per heavy atom. The summed E-state index contributed by atoms with van der Waals surface area (Å²) in [5.41, 5.74) is 0. The summed E-state index contributed by atoms with van der Waals surface area (Å²) in [6, 6.07) is 1.21. The van der Waals surface area contributed by atoms with Gasteiger partial charge in [-0.05, 0) is 37.9 Å². The summed E-state index contributed by atoms with van der Waals surface area (Å²) >= 11 is 5.48. The Balaban J connectivity index is 2.37. The van der Waals surface area contributed by atoms with Crippen molar-refractivity contribution in [1.29, 1.82) is 0 Å². The topological polar surface area (TPSA) is 15.3 Å². The molecule has 0 aliphatic heterocycles. The molecule has 0 saturated heterocycles. The van der Waals surface area contributed by atoms with Crippen LogP contribution in [0, 0.1) is 0 Å². The summed E-state index contributed by atoms with van der Waals surface area (Å²) in [6.45, 7) is 4.46. The van der Waals surface area contributed by atoms with Crippen LogP contribution in [0.1, 0.15) is 58.8 Å². The van der Waals surface area contributed by atoms with Gasteiger partial charge in [0.05, 0.1) is 0 Å². The molecule has 1 N–H and O–H groups in total. The highest BCUT2D eigenvalue weighted by Gasteiger charge is 2.18. The molecular weight excluding hydrogens is 216 g/mol. The van der Waals surface area contributed by atoms with E-state index in [1.165, 1.54) is 44.9 Å². The summed E-state index contributed by atoms with van der Waals surface area (Å²) in [7, 11) is 2.12. The van der Waals surface area contributed by atoms with Crippen LogP contribution in [0.15, 0.2) is 0 Å². The number of rotatable bonds is 4. The number of hydrogen-bond donors (Lipinski definition) is 1. The molecule has 16 heavy (non-hydrogen) atoms. The van der Waals surface area contributed by atoms with E-state index in [-0.39, 0.29) is 0 Å². The van der Waals surface area contributed by atoms with Crippen LogP contribution in [0.25, 0.3) is 0 Å². The van der Waals surface area contributed by atoms with Gasteiger partial charge in [-0.15, -0.1) is 0 Å². The second-order valence-electron chi connectivity index (χ2n) is 4.87. The molecule has 1 aliphatic carbocycles. The van der Waals surface area contributed by atoms with Crippen LogP contribution in [-0.2, 0) is 0 Å². The third kappa shape index (κ3) is 3.93. The Labute approximate surface area is 106 Å². The molecule has 1 fully saturated rings. The van der Waals surface area contributed by atoms with Crippen molar-refractivity contribution in [2.45, 2.75) is 70.9 Å². The highest BCUT2D eigenvalue weighted by molar-refractivity contribution is 7.80. The maximum atomic E-state index is 5.48. The molecule has 1 saturated carbocycles. The van der Waals surface area contributed by atoms with Crippen LogP contribution in [0.3, 0.4) is 0 Å². The molecule has 0 spiro atoms. The summed E-state index contributed by atoms with van der Waals surface area (Å²) in [5.74, 6) is 0. The van der Waals surface area contributed by atoms with Gasteiger partial charge < -0.3 is 10.2 Å². The summed E-state index contributed by atoms with van der Waals surface area (Å²) in [6.07, 6.45) is 9.02. The first-order valence-electron chi connectivity index (χ1n) is 6.72. The van der Waals surface area contributed by atoms with Gasteiger partial charge in [0.2, 0.25) is 0 Å². The monoisotopic (exact) mass is 242 g/mol. The predicted molar refractivity (Wildman–Crippen MR) is 74.7 cm³/mol. The van der Waals surface area contributed by atoms with Gasteiger partial charge in [-0.25, -0.2) is 0 Å². The molecular formula is C13H26N2S. The summed E-state index contributed by atoms with van der Waals surface area (Å²) in [5, 5.41) is 4.47. The third-order valence-electron chi connectivity index (χ3n) is 3.74. The number of hydrogen-bond acceptors (Lipinski definition) is 1. The smallest absolute Gasteiger partial charge is 0.169 e.